The van der Waals surface area contributed by atoms with Crippen molar-refractivity contribution in [2.75, 3.05) is 6.61 Å². The van der Waals surface area contributed by atoms with Crippen molar-refractivity contribution in [1.29, 1.82) is 0 Å². The maximum atomic E-state index is 14.5. The molecular weight excluding hydrogens is 389 g/mol. The third-order valence-corrected chi connectivity index (χ3v) is 5.80. The average molecular weight is 414 g/mol. The molecule has 7 heteroatoms. The van der Waals surface area contributed by atoms with Crippen LogP contribution in [0.2, 0.25) is 5.02 Å². The van der Waals surface area contributed by atoms with Crippen LogP contribution in [0.1, 0.15) is 51.5 Å². The lowest BCUT2D eigenvalue weighted by molar-refractivity contribution is -0.137. The number of carboxylic acids is 1. The van der Waals surface area contributed by atoms with Crippen LogP contribution in [0.25, 0.3) is 0 Å². The van der Waals surface area contributed by atoms with Crippen LogP contribution in [-0.2, 0) is 4.79 Å². The summed E-state index contributed by atoms with van der Waals surface area (Å²) in [6.45, 7) is 4.02. The van der Waals surface area contributed by atoms with Crippen molar-refractivity contribution in [3.63, 3.8) is 0 Å². The Labute approximate surface area is 168 Å². The molecule has 0 amide bonds. The molecule has 1 unspecified atom stereocenters. The summed E-state index contributed by atoms with van der Waals surface area (Å²) in [6, 6.07) is 2.99. The lowest BCUT2D eigenvalue weighted by atomic mass is 10.0. The van der Waals surface area contributed by atoms with Gasteiger partial charge in [0.25, 0.3) is 0 Å². The van der Waals surface area contributed by atoms with E-state index in [1.54, 1.807) is 6.07 Å². The van der Waals surface area contributed by atoms with Crippen LogP contribution in [0.15, 0.2) is 29.3 Å². The molecule has 1 saturated carbocycles. The van der Waals surface area contributed by atoms with Crippen molar-refractivity contribution in [2.24, 2.45) is 4.99 Å². The number of nitrogens with zero attached hydrogens (tertiary/aromatic N) is 1. The highest BCUT2D eigenvalue weighted by Crippen LogP contribution is 2.35. The first-order valence-electron chi connectivity index (χ1n) is 9.10. The number of ether oxygens (including phenoxy) is 1. The van der Waals surface area contributed by atoms with Crippen molar-refractivity contribution < 1.29 is 19.0 Å². The van der Waals surface area contributed by atoms with E-state index >= 15 is 0 Å². The van der Waals surface area contributed by atoms with E-state index in [9.17, 15) is 9.18 Å². The first-order chi connectivity index (χ1) is 12.9. The van der Waals surface area contributed by atoms with E-state index in [1.165, 1.54) is 25.3 Å². The number of aliphatic imine (C=N–C) groups is 1. The van der Waals surface area contributed by atoms with Crippen LogP contribution in [-0.4, -0.2) is 34.0 Å². The van der Waals surface area contributed by atoms with Crippen LogP contribution < -0.4 is 4.74 Å². The largest absolute Gasteiger partial charge is 0.489 e. The molecule has 2 rings (SSSR count). The first-order valence-corrected chi connectivity index (χ1v) is 10.4. The molecule has 0 saturated heterocycles. The van der Waals surface area contributed by atoms with E-state index in [0.717, 1.165) is 0 Å². The van der Waals surface area contributed by atoms with Gasteiger partial charge in [-0.05, 0) is 51.3 Å². The molecule has 1 aromatic carbocycles. The summed E-state index contributed by atoms with van der Waals surface area (Å²) in [6.07, 6.45) is 7.71. The van der Waals surface area contributed by atoms with Gasteiger partial charge in [-0.1, -0.05) is 24.1 Å². The molecule has 1 fully saturated rings. The molecular formula is C20H25ClFNO3S. The van der Waals surface area contributed by atoms with Gasteiger partial charge in [0.15, 0.2) is 11.6 Å². The Bertz CT molecular complexity index is 696. The Kier molecular flexibility index (Phi) is 8.64. The Morgan fingerprint density at radius 3 is 2.81 bits per heavy atom. The van der Waals surface area contributed by atoms with Crippen LogP contribution in [0.5, 0.6) is 5.75 Å². The van der Waals surface area contributed by atoms with Crippen molar-refractivity contribution in [3.8, 4) is 5.75 Å². The zero-order valence-corrected chi connectivity index (χ0v) is 17.2. The maximum absolute atomic E-state index is 14.5. The predicted molar refractivity (Wildman–Crippen MR) is 110 cm³/mol. The fraction of sp³-hybridized carbons (Fsp3) is 0.500. The number of allylic oxidation sites excluding steroid dienone is 2. The zero-order chi connectivity index (χ0) is 19.8. The molecule has 4 nitrogen and oxygen atoms in total. The molecule has 27 heavy (non-hydrogen) atoms. The van der Waals surface area contributed by atoms with Crippen LogP contribution >= 0.6 is 23.4 Å². The van der Waals surface area contributed by atoms with Crippen LogP contribution in [0.4, 0.5) is 4.39 Å². The Hall–Kier alpha value is -1.53. The molecule has 148 valence electrons. The van der Waals surface area contributed by atoms with Gasteiger partial charge in [-0.2, -0.15) is 0 Å². The van der Waals surface area contributed by atoms with E-state index in [-0.39, 0.29) is 35.6 Å². The molecule has 0 radical (unpaired) electrons. The van der Waals surface area contributed by atoms with E-state index in [4.69, 9.17) is 26.4 Å². The van der Waals surface area contributed by atoms with Gasteiger partial charge in [0.1, 0.15) is 0 Å². The minimum Gasteiger partial charge on any atom is -0.489 e. The van der Waals surface area contributed by atoms with Gasteiger partial charge in [-0.3, -0.25) is 9.79 Å². The number of benzene rings is 1. The minimum absolute atomic E-state index is 0.0357. The summed E-state index contributed by atoms with van der Waals surface area (Å²) in [5.41, 5.74) is 1.27. The topological polar surface area (TPSA) is 58.9 Å². The van der Waals surface area contributed by atoms with Gasteiger partial charge >= 0.3 is 5.97 Å². The molecule has 1 aliphatic carbocycles. The number of hydrogen-bond donors (Lipinski definition) is 1. The van der Waals surface area contributed by atoms with Gasteiger partial charge in [0.05, 0.1) is 22.7 Å². The van der Waals surface area contributed by atoms with Crippen LogP contribution in [0, 0.1) is 5.82 Å². The fourth-order valence-corrected chi connectivity index (χ4v) is 4.23. The second-order valence-corrected chi connectivity index (χ2v) is 8.45. The summed E-state index contributed by atoms with van der Waals surface area (Å²) in [7, 11) is 0. The average Bonchev–Trinajstić information content (AvgIpc) is 2.56. The first kappa shape index (κ1) is 21.8. The summed E-state index contributed by atoms with van der Waals surface area (Å²) < 4.78 is 19.8. The van der Waals surface area contributed by atoms with E-state index in [0.29, 0.717) is 16.5 Å². The number of rotatable bonds is 10. The second kappa shape index (κ2) is 10.7. The summed E-state index contributed by atoms with van der Waals surface area (Å²) in [4.78, 5) is 15.3. The minimum atomic E-state index is -0.915. The lowest BCUT2D eigenvalue weighted by Crippen LogP contribution is -2.16. The Morgan fingerprint density at radius 2 is 2.26 bits per heavy atom. The third-order valence-electron chi connectivity index (χ3n) is 4.16. The number of hydrogen-bond acceptors (Lipinski definition) is 4. The highest BCUT2D eigenvalue weighted by Gasteiger charge is 2.21. The van der Waals surface area contributed by atoms with Crippen molar-refractivity contribution >= 4 is 35.0 Å². The number of carbonyl (C=O) groups is 1. The predicted octanol–water partition coefficient (Wildman–Crippen LogP) is 5.72. The van der Waals surface area contributed by atoms with E-state index in [2.05, 4.69) is 0 Å². The standard InChI is InChI=1S/C20H25ClFNO3S/c1-3-6-18(23-13(2)27-15-7-4-8-15)14-11-16(21)20(17(22)12-14)26-10-5-9-19(24)25/h3,6,11-13,15H,4-5,7-10H2,1-2H3,(H,24,25)/b6-3-,23-18+. The van der Waals surface area contributed by atoms with Gasteiger partial charge in [-0.25, -0.2) is 4.39 Å². The van der Waals surface area contributed by atoms with E-state index in [1.807, 2.05) is 37.8 Å². The van der Waals surface area contributed by atoms with Gasteiger partial charge in [0, 0.05) is 17.2 Å². The molecule has 0 bridgehead atoms. The van der Waals surface area contributed by atoms with Gasteiger partial charge in [-0.15, -0.1) is 11.8 Å². The summed E-state index contributed by atoms with van der Waals surface area (Å²) in [5.74, 6) is -1.55. The van der Waals surface area contributed by atoms with E-state index < -0.39 is 11.8 Å². The summed E-state index contributed by atoms with van der Waals surface area (Å²) >= 11 is 8.05. The molecule has 1 atom stereocenters. The monoisotopic (exact) mass is 413 g/mol. The molecule has 0 aliphatic heterocycles. The molecule has 1 aliphatic rings. The molecule has 0 spiro atoms. The van der Waals surface area contributed by atoms with Crippen molar-refractivity contribution in [2.45, 2.75) is 56.6 Å². The number of carboxylic acid groups (broad SMARTS) is 1. The third kappa shape index (κ3) is 6.85. The molecule has 1 N–H and O–H groups in total. The number of aliphatic carboxylic acids is 1. The quantitative estimate of drug-likeness (QED) is 0.393. The Morgan fingerprint density at radius 1 is 1.52 bits per heavy atom. The highest BCUT2D eigenvalue weighted by atomic mass is 35.5. The molecule has 1 aromatic rings. The lowest BCUT2D eigenvalue weighted by Gasteiger charge is -2.26. The van der Waals surface area contributed by atoms with Crippen LogP contribution in [0.3, 0.4) is 0 Å². The highest BCUT2D eigenvalue weighted by molar-refractivity contribution is 8.00. The fourth-order valence-electron chi connectivity index (χ4n) is 2.63. The van der Waals surface area contributed by atoms with Gasteiger partial charge in [0.2, 0.25) is 0 Å². The maximum Gasteiger partial charge on any atom is 0.303 e. The number of thioether (sulfide) groups is 1. The Balaban J connectivity index is 2.12. The smallest absolute Gasteiger partial charge is 0.303 e. The molecule has 0 heterocycles. The zero-order valence-electron chi connectivity index (χ0n) is 15.6. The van der Waals surface area contributed by atoms with Gasteiger partial charge < -0.3 is 9.84 Å². The van der Waals surface area contributed by atoms with Crippen molar-refractivity contribution in [3.05, 3.63) is 40.7 Å². The number of halogens is 2. The molecule has 0 aromatic heterocycles. The summed E-state index contributed by atoms with van der Waals surface area (Å²) in [5, 5.41) is 9.53. The second-order valence-electron chi connectivity index (χ2n) is 6.42. The SMILES string of the molecule is C/C=C\C(=N/C(C)SC1CCC1)c1cc(F)c(OCCCC(=O)O)c(Cl)c1. The van der Waals surface area contributed by atoms with Crippen molar-refractivity contribution in [1.82, 2.24) is 0 Å². The normalized spacial score (nSPS) is 16.4.